The van der Waals surface area contributed by atoms with Gasteiger partial charge in [0.25, 0.3) is 0 Å². The molecule has 2 saturated heterocycles. The molecule has 1 atom stereocenters. The number of anilines is 2. The number of aryl methyl sites for hydroxylation is 1. The summed E-state index contributed by atoms with van der Waals surface area (Å²) < 4.78 is 1.63. The fourth-order valence-electron chi connectivity index (χ4n) is 4.20. The standard InChI is InChI=1S/C20H23ClN6O3/c1-14(28)27-11-18(29)26(17-9-22-24(2)10-17)13-20(27)7-8-25(12-20)19(30)23-16-5-3-15(21)4-6-16/h3-6,9-10H,7-8,11-13H2,1-2H3,(H,23,30). The molecule has 1 N–H and O–H groups in total. The lowest BCUT2D eigenvalue weighted by atomic mass is 9.92. The molecule has 1 aromatic heterocycles. The topological polar surface area (TPSA) is 90.8 Å². The number of nitrogens with zero attached hydrogens (tertiary/aromatic N) is 5. The Labute approximate surface area is 179 Å². The van der Waals surface area contributed by atoms with E-state index < -0.39 is 5.54 Å². The summed E-state index contributed by atoms with van der Waals surface area (Å²) in [6, 6.07) is 6.63. The molecule has 10 heteroatoms. The molecule has 0 saturated carbocycles. The minimum Gasteiger partial charge on any atom is -0.324 e. The Balaban J connectivity index is 1.54. The first-order chi connectivity index (χ1) is 14.3. The van der Waals surface area contributed by atoms with E-state index in [1.165, 1.54) is 6.92 Å². The number of hydrogen-bond donors (Lipinski definition) is 1. The van der Waals surface area contributed by atoms with Gasteiger partial charge in [-0.15, -0.1) is 0 Å². The zero-order valence-electron chi connectivity index (χ0n) is 16.8. The van der Waals surface area contributed by atoms with Gasteiger partial charge in [0.1, 0.15) is 6.54 Å². The van der Waals surface area contributed by atoms with Gasteiger partial charge in [-0.25, -0.2) is 4.79 Å². The maximum Gasteiger partial charge on any atom is 0.321 e. The van der Waals surface area contributed by atoms with Gasteiger partial charge in [0, 0.05) is 44.0 Å². The first-order valence-electron chi connectivity index (χ1n) is 9.66. The van der Waals surface area contributed by atoms with E-state index in [2.05, 4.69) is 10.4 Å². The van der Waals surface area contributed by atoms with Crippen molar-refractivity contribution in [2.75, 3.05) is 36.4 Å². The van der Waals surface area contributed by atoms with Gasteiger partial charge >= 0.3 is 6.03 Å². The molecule has 4 rings (SSSR count). The summed E-state index contributed by atoms with van der Waals surface area (Å²) in [7, 11) is 1.79. The average molecular weight is 431 g/mol. The summed E-state index contributed by atoms with van der Waals surface area (Å²) in [4.78, 5) is 42.9. The third-order valence-corrected chi connectivity index (χ3v) is 5.97. The van der Waals surface area contributed by atoms with Crippen molar-refractivity contribution in [1.29, 1.82) is 0 Å². The molecule has 4 amide bonds. The van der Waals surface area contributed by atoms with Crippen LogP contribution in [0.15, 0.2) is 36.7 Å². The van der Waals surface area contributed by atoms with Crippen LogP contribution in [0.2, 0.25) is 5.02 Å². The molecule has 30 heavy (non-hydrogen) atoms. The first-order valence-corrected chi connectivity index (χ1v) is 10.0. The highest BCUT2D eigenvalue weighted by Crippen LogP contribution is 2.34. The van der Waals surface area contributed by atoms with Crippen molar-refractivity contribution >= 4 is 40.8 Å². The van der Waals surface area contributed by atoms with Gasteiger partial charge in [0.2, 0.25) is 11.8 Å². The van der Waals surface area contributed by atoms with Crippen LogP contribution in [0.5, 0.6) is 0 Å². The predicted molar refractivity (Wildman–Crippen MR) is 112 cm³/mol. The Hall–Kier alpha value is -3.07. The SMILES string of the molecule is CC(=O)N1CC(=O)N(c2cnn(C)c2)CC12CCN(C(=O)Nc1ccc(Cl)cc1)C2. The lowest BCUT2D eigenvalue weighted by Crippen LogP contribution is -2.67. The molecule has 1 unspecified atom stereocenters. The Kier molecular flexibility index (Phi) is 5.15. The van der Waals surface area contributed by atoms with E-state index in [4.69, 9.17) is 11.6 Å². The van der Waals surface area contributed by atoms with E-state index >= 15 is 0 Å². The van der Waals surface area contributed by atoms with Crippen molar-refractivity contribution in [3.63, 3.8) is 0 Å². The normalized spacial score (nSPS) is 21.4. The largest absolute Gasteiger partial charge is 0.324 e. The summed E-state index contributed by atoms with van der Waals surface area (Å²) in [6.45, 7) is 2.60. The minimum absolute atomic E-state index is 0.0170. The molecular weight excluding hydrogens is 408 g/mol. The van der Waals surface area contributed by atoms with E-state index in [1.807, 2.05) is 0 Å². The van der Waals surface area contributed by atoms with Crippen LogP contribution in [0.3, 0.4) is 0 Å². The van der Waals surface area contributed by atoms with E-state index in [-0.39, 0.29) is 24.4 Å². The molecule has 158 valence electrons. The van der Waals surface area contributed by atoms with Gasteiger partial charge in [-0.3, -0.25) is 14.3 Å². The quantitative estimate of drug-likeness (QED) is 0.788. The predicted octanol–water partition coefficient (Wildman–Crippen LogP) is 1.95. The molecule has 1 spiro atoms. The highest BCUT2D eigenvalue weighted by Gasteiger charge is 2.51. The van der Waals surface area contributed by atoms with Gasteiger partial charge in [0.15, 0.2) is 0 Å². The number of rotatable bonds is 2. The van der Waals surface area contributed by atoms with Crippen molar-refractivity contribution in [2.45, 2.75) is 18.9 Å². The van der Waals surface area contributed by atoms with Crippen molar-refractivity contribution in [1.82, 2.24) is 19.6 Å². The summed E-state index contributed by atoms with van der Waals surface area (Å²) in [5.41, 5.74) is 0.700. The van der Waals surface area contributed by atoms with Crippen molar-refractivity contribution in [3.8, 4) is 0 Å². The Morgan fingerprint density at radius 1 is 1.20 bits per heavy atom. The smallest absolute Gasteiger partial charge is 0.321 e. The van der Waals surface area contributed by atoms with E-state index in [9.17, 15) is 14.4 Å². The second kappa shape index (κ2) is 7.64. The number of amides is 4. The average Bonchev–Trinajstić information content (AvgIpc) is 3.32. The summed E-state index contributed by atoms with van der Waals surface area (Å²) >= 11 is 5.90. The minimum atomic E-state index is -0.632. The van der Waals surface area contributed by atoms with Gasteiger partial charge in [-0.1, -0.05) is 11.6 Å². The van der Waals surface area contributed by atoms with Crippen LogP contribution in [0.25, 0.3) is 0 Å². The van der Waals surface area contributed by atoms with Crippen LogP contribution in [0, 0.1) is 0 Å². The summed E-state index contributed by atoms with van der Waals surface area (Å²) in [5.74, 6) is -0.331. The second-order valence-corrected chi connectivity index (χ2v) is 8.23. The van der Waals surface area contributed by atoms with Crippen LogP contribution in [-0.2, 0) is 16.6 Å². The molecule has 3 heterocycles. The number of aromatic nitrogens is 2. The van der Waals surface area contributed by atoms with Crippen molar-refractivity contribution < 1.29 is 14.4 Å². The molecule has 9 nitrogen and oxygen atoms in total. The number of hydrogen-bond acceptors (Lipinski definition) is 4. The highest BCUT2D eigenvalue weighted by atomic mass is 35.5. The number of likely N-dealkylation sites (tertiary alicyclic amines) is 1. The molecule has 2 aliphatic rings. The molecule has 2 aliphatic heterocycles. The number of benzene rings is 1. The summed E-state index contributed by atoms with van der Waals surface area (Å²) in [5, 5.41) is 7.60. The molecule has 0 aliphatic carbocycles. The Morgan fingerprint density at radius 2 is 1.93 bits per heavy atom. The third kappa shape index (κ3) is 3.72. The number of urea groups is 1. The van der Waals surface area contributed by atoms with Gasteiger partial charge in [0.05, 0.1) is 24.0 Å². The van der Waals surface area contributed by atoms with E-state index in [0.29, 0.717) is 42.5 Å². The monoisotopic (exact) mass is 430 g/mol. The Morgan fingerprint density at radius 3 is 2.57 bits per heavy atom. The maximum absolute atomic E-state index is 12.8. The lowest BCUT2D eigenvalue weighted by molar-refractivity contribution is -0.142. The van der Waals surface area contributed by atoms with Gasteiger partial charge in [-0.2, -0.15) is 5.10 Å². The van der Waals surface area contributed by atoms with Gasteiger partial charge in [-0.05, 0) is 30.7 Å². The number of nitrogens with one attached hydrogen (secondary N) is 1. The van der Waals surface area contributed by atoms with Crippen LogP contribution in [0.4, 0.5) is 16.2 Å². The number of halogens is 1. The molecule has 0 bridgehead atoms. The Bertz CT molecular complexity index is 991. The third-order valence-electron chi connectivity index (χ3n) is 5.72. The number of carbonyl (C=O) groups excluding carboxylic acids is 3. The number of piperazine rings is 1. The van der Waals surface area contributed by atoms with Crippen LogP contribution >= 0.6 is 11.6 Å². The van der Waals surface area contributed by atoms with Crippen LogP contribution in [0.1, 0.15) is 13.3 Å². The lowest BCUT2D eigenvalue weighted by Gasteiger charge is -2.47. The van der Waals surface area contributed by atoms with E-state index in [1.54, 1.807) is 63.1 Å². The number of carbonyl (C=O) groups is 3. The zero-order valence-corrected chi connectivity index (χ0v) is 17.6. The molecule has 0 radical (unpaired) electrons. The van der Waals surface area contributed by atoms with Gasteiger partial charge < -0.3 is 20.0 Å². The highest BCUT2D eigenvalue weighted by molar-refractivity contribution is 6.30. The molecule has 2 fully saturated rings. The van der Waals surface area contributed by atoms with Crippen LogP contribution < -0.4 is 10.2 Å². The first kappa shape index (κ1) is 20.2. The second-order valence-electron chi connectivity index (χ2n) is 7.79. The fourth-order valence-corrected chi connectivity index (χ4v) is 4.33. The van der Waals surface area contributed by atoms with Crippen molar-refractivity contribution in [3.05, 3.63) is 41.7 Å². The van der Waals surface area contributed by atoms with Crippen molar-refractivity contribution in [2.24, 2.45) is 7.05 Å². The molecule has 2 aromatic rings. The van der Waals surface area contributed by atoms with Crippen LogP contribution in [-0.4, -0.2) is 69.1 Å². The molecule has 1 aromatic carbocycles. The van der Waals surface area contributed by atoms with E-state index in [0.717, 1.165) is 0 Å². The zero-order chi connectivity index (χ0) is 21.5. The fraction of sp³-hybridized carbons (Fsp3) is 0.400. The maximum atomic E-state index is 12.8. The summed E-state index contributed by atoms with van der Waals surface area (Å²) in [6.07, 6.45) is 3.99. The molecular formula is C20H23ClN6O3.